The van der Waals surface area contributed by atoms with Gasteiger partial charge in [-0.1, -0.05) is 0 Å². The van der Waals surface area contributed by atoms with E-state index < -0.39 is 5.92 Å². The van der Waals surface area contributed by atoms with Crippen LogP contribution in [0.25, 0.3) is 0 Å². The second-order valence-corrected chi connectivity index (χ2v) is 3.93. The Balaban J connectivity index is 2.12. The molecule has 5 heteroatoms. The number of aryl methyl sites for hydroxylation is 1. The molecule has 0 bridgehead atoms. The fraction of sp³-hybridized carbons (Fsp3) is 0.778. The first-order chi connectivity index (χ1) is 6.57. The highest BCUT2D eigenvalue weighted by Gasteiger charge is 2.38. The van der Waals surface area contributed by atoms with E-state index in [-0.39, 0.29) is 18.8 Å². The van der Waals surface area contributed by atoms with Crippen LogP contribution in [0.2, 0.25) is 0 Å². The van der Waals surface area contributed by atoms with E-state index in [9.17, 15) is 8.78 Å². The first kappa shape index (κ1) is 9.55. The molecule has 0 spiro atoms. The van der Waals surface area contributed by atoms with Gasteiger partial charge in [0.1, 0.15) is 5.82 Å². The standard InChI is InChI=1S/C9H13F2N3/c1-6-12-8(14-13-6)7-3-2-4-9(10,11)5-7/h7H,2-5H2,1H3,(H,12,13,14). The van der Waals surface area contributed by atoms with Crippen molar-refractivity contribution in [3.05, 3.63) is 11.6 Å². The molecule has 1 aliphatic rings. The molecule has 1 aromatic rings. The molecule has 0 aliphatic heterocycles. The number of nitrogens with one attached hydrogen (secondary N) is 1. The summed E-state index contributed by atoms with van der Waals surface area (Å²) < 4.78 is 26.2. The van der Waals surface area contributed by atoms with Crippen molar-refractivity contribution in [1.29, 1.82) is 0 Å². The van der Waals surface area contributed by atoms with Gasteiger partial charge in [0.25, 0.3) is 0 Å². The van der Waals surface area contributed by atoms with Crippen molar-refractivity contribution in [3.8, 4) is 0 Å². The van der Waals surface area contributed by atoms with Gasteiger partial charge in [0.15, 0.2) is 5.82 Å². The van der Waals surface area contributed by atoms with Gasteiger partial charge in [-0.3, -0.25) is 5.10 Å². The van der Waals surface area contributed by atoms with E-state index in [0.29, 0.717) is 18.1 Å². The average Bonchev–Trinajstić information content (AvgIpc) is 2.50. The average molecular weight is 201 g/mol. The Morgan fingerprint density at radius 2 is 2.29 bits per heavy atom. The van der Waals surface area contributed by atoms with E-state index in [1.165, 1.54) is 0 Å². The smallest absolute Gasteiger partial charge is 0.248 e. The molecule has 0 aromatic carbocycles. The van der Waals surface area contributed by atoms with Gasteiger partial charge in [-0.15, -0.1) is 0 Å². The van der Waals surface area contributed by atoms with Gasteiger partial charge in [0, 0.05) is 18.8 Å². The minimum absolute atomic E-state index is 0.00685. The highest BCUT2D eigenvalue weighted by molar-refractivity contribution is 5.00. The topological polar surface area (TPSA) is 41.6 Å². The molecule has 0 radical (unpaired) electrons. The molecule has 0 saturated heterocycles. The van der Waals surface area contributed by atoms with Gasteiger partial charge in [-0.25, -0.2) is 13.8 Å². The van der Waals surface area contributed by atoms with Crippen LogP contribution in [0, 0.1) is 6.92 Å². The number of alkyl halides is 2. The van der Waals surface area contributed by atoms with Crippen molar-refractivity contribution in [2.75, 3.05) is 0 Å². The first-order valence-corrected chi connectivity index (χ1v) is 4.83. The maximum atomic E-state index is 13.1. The Hall–Kier alpha value is -1.00. The molecule has 1 fully saturated rings. The van der Waals surface area contributed by atoms with Crippen LogP contribution in [-0.4, -0.2) is 21.1 Å². The fourth-order valence-electron chi connectivity index (χ4n) is 1.93. The predicted octanol–water partition coefficient (Wildman–Crippen LogP) is 2.41. The molecule has 14 heavy (non-hydrogen) atoms. The normalized spacial score (nSPS) is 26.4. The summed E-state index contributed by atoms with van der Waals surface area (Å²) in [7, 11) is 0. The third kappa shape index (κ3) is 1.91. The molecule has 3 nitrogen and oxygen atoms in total. The highest BCUT2D eigenvalue weighted by Crippen LogP contribution is 2.40. The van der Waals surface area contributed by atoms with Gasteiger partial charge in [-0.2, -0.15) is 5.10 Å². The summed E-state index contributed by atoms with van der Waals surface area (Å²) in [6.45, 7) is 1.78. The van der Waals surface area contributed by atoms with Crippen LogP contribution < -0.4 is 0 Å². The third-order valence-corrected chi connectivity index (χ3v) is 2.62. The molecule has 0 amide bonds. The lowest BCUT2D eigenvalue weighted by atomic mass is 9.86. The Labute approximate surface area is 80.9 Å². The summed E-state index contributed by atoms with van der Waals surface area (Å²) in [6.07, 6.45) is 1.23. The van der Waals surface area contributed by atoms with Crippen molar-refractivity contribution >= 4 is 0 Å². The molecule has 1 saturated carbocycles. The number of hydrogen-bond donors (Lipinski definition) is 1. The summed E-state index contributed by atoms with van der Waals surface area (Å²) in [5.41, 5.74) is 0. The largest absolute Gasteiger partial charge is 0.263 e. The van der Waals surface area contributed by atoms with E-state index in [0.717, 1.165) is 6.42 Å². The van der Waals surface area contributed by atoms with E-state index in [1.54, 1.807) is 6.92 Å². The highest BCUT2D eigenvalue weighted by atomic mass is 19.3. The van der Waals surface area contributed by atoms with Crippen molar-refractivity contribution in [2.45, 2.75) is 44.4 Å². The lowest BCUT2D eigenvalue weighted by Gasteiger charge is -2.26. The number of nitrogens with zero attached hydrogens (tertiary/aromatic N) is 2. The zero-order valence-corrected chi connectivity index (χ0v) is 8.06. The number of aromatic nitrogens is 3. The second-order valence-electron chi connectivity index (χ2n) is 3.93. The van der Waals surface area contributed by atoms with Crippen LogP contribution in [0.4, 0.5) is 8.78 Å². The minimum atomic E-state index is -2.53. The SMILES string of the molecule is Cc1nc(C2CCCC(F)(F)C2)n[nH]1. The third-order valence-electron chi connectivity index (χ3n) is 2.62. The molecule has 1 N–H and O–H groups in total. The molecule has 1 aromatic heterocycles. The zero-order valence-electron chi connectivity index (χ0n) is 8.06. The molecule has 78 valence electrons. The Bertz CT molecular complexity index is 322. The number of halogens is 2. The number of rotatable bonds is 1. The minimum Gasteiger partial charge on any atom is -0.263 e. The van der Waals surface area contributed by atoms with E-state index in [4.69, 9.17) is 0 Å². The summed E-state index contributed by atoms with van der Waals surface area (Å²) in [5, 5.41) is 6.62. The van der Waals surface area contributed by atoms with E-state index in [1.807, 2.05) is 0 Å². The predicted molar refractivity (Wildman–Crippen MR) is 47.3 cm³/mol. The Morgan fingerprint density at radius 1 is 1.50 bits per heavy atom. The van der Waals surface area contributed by atoms with Crippen LogP contribution in [0.1, 0.15) is 43.3 Å². The van der Waals surface area contributed by atoms with Crippen molar-refractivity contribution < 1.29 is 8.78 Å². The van der Waals surface area contributed by atoms with Crippen LogP contribution >= 0.6 is 0 Å². The monoisotopic (exact) mass is 201 g/mol. The van der Waals surface area contributed by atoms with Gasteiger partial charge >= 0.3 is 0 Å². The molecular weight excluding hydrogens is 188 g/mol. The molecule has 1 unspecified atom stereocenters. The lowest BCUT2D eigenvalue weighted by molar-refractivity contribution is -0.0416. The molecule has 2 rings (SSSR count). The summed E-state index contributed by atoms with van der Waals surface area (Å²) in [6, 6.07) is 0. The van der Waals surface area contributed by atoms with Crippen molar-refractivity contribution in [2.24, 2.45) is 0 Å². The van der Waals surface area contributed by atoms with Crippen LogP contribution in [0.5, 0.6) is 0 Å². The van der Waals surface area contributed by atoms with Crippen LogP contribution in [0.15, 0.2) is 0 Å². The lowest BCUT2D eigenvalue weighted by Crippen LogP contribution is -2.25. The van der Waals surface area contributed by atoms with Gasteiger partial charge in [-0.05, 0) is 19.8 Å². The number of H-pyrrole nitrogens is 1. The second kappa shape index (κ2) is 3.29. The van der Waals surface area contributed by atoms with Gasteiger partial charge in [0.2, 0.25) is 5.92 Å². The summed E-state index contributed by atoms with van der Waals surface area (Å²) in [4.78, 5) is 4.10. The summed E-state index contributed by atoms with van der Waals surface area (Å²) >= 11 is 0. The molecule has 1 heterocycles. The van der Waals surface area contributed by atoms with E-state index in [2.05, 4.69) is 15.2 Å². The molecule has 1 atom stereocenters. The van der Waals surface area contributed by atoms with Crippen molar-refractivity contribution in [1.82, 2.24) is 15.2 Å². The van der Waals surface area contributed by atoms with Crippen molar-refractivity contribution in [3.63, 3.8) is 0 Å². The maximum Gasteiger partial charge on any atom is 0.248 e. The Kier molecular flexibility index (Phi) is 2.25. The number of aromatic amines is 1. The molecular formula is C9H13F2N3. The quantitative estimate of drug-likeness (QED) is 0.758. The van der Waals surface area contributed by atoms with Crippen LogP contribution in [0.3, 0.4) is 0 Å². The first-order valence-electron chi connectivity index (χ1n) is 4.83. The Morgan fingerprint density at radius 3 is 2.86 bits per heavy atom. The van der Waals surface area contributed by atoms with Gasteiger partial charge < -0.3 is 0 Å². The van der Waals surface area contributed by atoms with Gasteiger partial charge in [0.05, 0.1) is 0 Å². The fourth-order valence-corrected chi connectivity index (χ4v) is 1.93. The zero-order chi connectivity index (χ0) is 10.2. The van der Waals surface area contributed by atoms with E-state index >= 15 is 0 Å². The molecule has 1 aliphatic carbocycles. The maximum absolute atomic E-state index is 13.1. The van der Waals surface area contributed by atoms with Crippen LogP contribution in [-0.2, 0) is 0 Å². The summed E-state index contributed by atoms with van der Waals surface area (Å²) in [5.74, 6) is -1.48. The number of hydrogen-bond acceptors (Lipinski definition) is 2.